The fourth-order valence-electron chi connectivity index (χ4n) is 3.44. The van der Waals surface area contributed by atoms with Crippen molar-refractivity contribution in [3.8, 4) is 0 Å². The molecule has 0 saturated carbocycles. The molecule has 116 valence electrons. The van der Waals surface area contributed by atoms with Crippen molar-refractivity contribution in [3.05, 3.63) is 63.8 Å². The smallest absolute Gasteiger partial charge is 0.231 e. The summed E-state index contributed by atoms with van der Waals surface area (Å²) in [4.78, 5) is 18.1. The molecule has 2 aromatic carbocycles. The van der Waals surface area contributed by atoms with Crippen LogP contribution in [-0.2, 0) is 17.6 Å². The van der Waals surface area contributed by atoms with Crippen molar-refractivity contribution < 1.29 is 4.79 Å². The van der Waals surface area contributed by atoms with Gasteiger partial charge in [-0.3, -0.25) is 4.79 Å². The Morgan fingerprint density at radius 3 is 2.96 bits per heavy atom. The molecule has 0 radical (unpaired) electrons. The Morgan fingerprint density at radius 1 is 1.26 bits per heavy atom. The highest BCUT2D eigenvalue weighted by atomic mass is 79.9. The van der Waals surface area contributed by atoms with Gasteiger partial charge in [0, 0.05) is 33.3 Å². The van der Waals surface area contributed by atoms with Crippen molar-refractivity contribution in [3.63, 3.8) is 0 Å². The molecular weight excluding hydrogens is 352 g/mol. The van der Waals surface area contributed by atoms with Crippen LogP contribution < -0.4 is 4.90 Å². The third-order valence-electron chi connectivity index (χ3n) is 4.59. The first kappa shape index (κ1) is 14.5. The van der Waals surface area contributed by atoms with Gasteiger partial charge >= 0.3 is 0 Å². The van der Waals surface area contributed by atoms with Gasteiger partial charge in [0.05, 0.1) is 6.42 Å². The number of nitrogens with one attached hydrogen (secondary N) is 1. The quantitative estimate of drug-likeness (QED) is 0.716. The molecular formula is C19H17BrN2O. The maximum absolute atomic E-state index is 12.9. The van der Waals surface area contributed by atoms with E-state index in [1.54, 1.807) is 0 Å². The standard InChI is InChI=1S/C19H17BrN2O/c1-12-16(15-4-2-3-5-17(15)21-12)11-19(23)22-9-8-13-10-14(20)6-7-18(13)22/h2-7,10,21H,8-9,11H2,1H3. The average Bonchev–Trinajstić information content (AvgIpc) is 3.08. The third-order valence-corrected chi connectivity index (χ3v) is 5.09. The van der Waals surface area contributed by atoms with Crippen molar-refractivity contribution in [1.82, 2.24) is 4.98 Å². The van der Waals surface area contributed by atoms with E-state index in [0.29, 0.717) is 6.42 Å². The number of para-hydroxylation sites is 1. The molecule has 4 rings (SSSR count). The maximum atomic E-state index is 12.9. The number of benzene rings is 2. The molecule has 1 aromatic heterocycles. The van der Waals surface area contributed by atoms with Gasteiger partial charge in [0.25, 0.3) is 0 Å². The fourth-order valence-corrected chi connectivity index (χ4v) is 3.85. The lowest BCUT2D eigenvalue weighted by molar-refractivity contribution is -0.117. The minimum absolute atomic E-state index is 0.166. The number of fused-ring (bicyclic) bond motifs is 2. The number of halogens is 1. The minimum atomic E-state index is 0.166. The van der Waals surface area contributed by atoms with Gasteiger partial charge in [-0.2, -0.15) is 0 Å². The number of carbonyl (C=O) groups is 1. The van der Waals surface area contributed by atoms with Crippen LogP contribution in [0.2, 0.25) is 0 Å². The van der Waals surface area contributed by atoms with Crippen LogP contribution in [0.1, 0.15) is 16.8 Å². The lowest BCUT2D eigenvalue weighted by Gasteiger charge is -2.17. The summed E-state index contributed by atoms with van der Waals surface area (Å²) in [7, 11) is 0. The number of nitrogens with zero attached hydrogens (tertiary/aromatic N) is 1. The number of hydrogen-bond acceptors (Lipinski definition) is 1. The molecule has 3 aromatic rings. The Morgan fingerprint density at radius 2 is 2.09 bits per heavy atom. The van der Waals surface area contributed by atoms with E-state index in [0.717, 1.165) is 45.3 Å². The molecule has 0 unspecified atom stereocenters. The molecule has 1 N–H and O–H groups in total. The highest BCUT2D eigenvalue weighted by Crippen LogP contribution is 2.31. The topological polar surface area (TPSA) is 36.1 Å². The van der Waals surface area contributed by atoms with E-state index in [1.165, 1.54) is 5.56 Å². The highest BCUT2D eigenvalue weighted by molar-refractivity contribution is 9.10. The molecule has 23 heavy (non-hydrogen) atoms. The second-order valence-corrected chi connectivity index (χ2v) is 6.94. The largest absolute Gasteiger partial charge is 0.358 e. The predicted molar refractivity (Wildman–Crippen MR) is 96.9 cm³/mol. The number of carbonyl (C=O) groups excluding carboxylic acids is 1. The molecule has 1 aliphatic rings. The van der Waals surface area contributed by atoms with Gasteiger partial charge < -0.3 is 9.88 Å². The van der Waals surface area contributed by atoms with Crippen molar-refractivity contribution in [2.24, 2.45) is 0 Å². The SMILES string of the molecule is Cc1[nH]c2ccccc2c1CC(=O)N1CCc2cc(Br)ccc21. The van der Waals surface area contributed by atoms with Gasteiger partial charge in [0.1, 0.15) is 0 Å². The molecule has 0 fully saturated rings. The van der Waals surface area contributed by atoms with Gasteiger partial charge in [-0.25, -0.2) is 0 Å². The summed E-state index contributed by atoms with van der Waals surface area (Å²) in [6.07, 6.45) is 1.36. The summed E-state index contributed by atoms with van der Waals surface area (Å²) < 4.78 is 1.07. The van der Waals surface area contributed by atoms with Gasteiger partial charge in [-0.15, -0.1) is 0 Å². The van der Waals surface area contributed by atoms with Crippen LogP contribution in [0.15, 0.2) is 46.9 Å². The molecule has 0 saturated heterocycles. The summed E-state index contributed by atoms with van der Waals surface area (Å²) >= 11 is 3.50. The van der Waals surface area contributed by atoms with E-state index < -0.39 is 0 Å². The monoisotopic (exact) mass is 368 g/mol. The lowest BCUT2D eigenvalue weighted by atomic mass is 10.1. The molecule has 4 heteroatoms. The Hall–Kier alpha value is -2.07. The molecule has 1 amide bonds. The number of aromatic nitrogens is 1. The van der Waals surface area contributed by atoms with E-state index in [-0.39, 0.29) is 5.91 Å². The Balaban J connectivity index is 1.65. The second kappa shape index (κ2) is 5.53. The minimum Gasteiger partial charge on any atom is -0.358 e. The van der Waals surface area contributed by atoms with Gasteiger partial charge in [-0.1, -0.05) is 34.1 Å². The molecule has 0 atom stereocenters. The number of hydrogen-bond donors (Lipinski definition) is 1. The van der Waals surface area contributed by atoms with Crippen molar-refractivity contribution in [1.29, 1.82) is 0 Å². The fraction of sp³-hybridized carbons (Fsp3) is 0.211. The van der Waals surface area contributed by atoms with E-state index >= 15 is 0 Å². The van der Waals surface area contributed by atoms with E-state index in [2.05, 4.69) is 39.1 Å². The summed E-state index contributed by atoms with van der Waals surface area (Å²) in [6, 6.07) is 14.3. The van der Waals surface area contributed by atoms with E-state index in [9.17, 15) is 4.79 Å². The molecule has 1 aliphatic heterocycles. The van der Waals surface area contributed by atoms with Gasteiger partial charge in [0.15, 0.2) is 0 Å². The van der Waals surface area contributed by atoms with Crippen LogP contribution in [0, 0.1) is 6.92 Å². The predicted octanol–water partition coefficient (Wildman–Crippen LogP) is 4.37. The summed E-state index contributed by atoms with van der Waals surface area (Å²) in [5.74, 6) is 0.166. The zero-order chi connectivity index (χ0) is 16.0. The number of aromatic amines is 1. The highest BCUT2D eigenvalue weighted by Gasteiger charge is 2.25. The van der Waals surface area contributed by atoms with Crippen molar-refractivity contribution >= 4 is 38.4 Å². The zero-order valence-electron chi connectivity index (χ0n) is 12.9. The van der Waals surface area contributed by atoms with Crippen LogP contribution in [0.3, 0.4) is 0 Å². The average molecular weight is 369 g/mol. The summed E-state index contributed by atoms with van der Waals surface area (Å²) in [6.45, 7) is 2.81. The number of rotatable bonds is 2. The van der Waals surface area contributed by atoms with Gasteiger partial charge in [0.2, 0.25) is 5.91 Å². The van der Waals surface area contributed by atoms with Crippen LogP contribution in [0.4, 0.5) is 5.69 Å². The number of H-pyrrole nitrogens is 1. The van der Waals surface area contributed by atoms with E-state index in [4.69, 9.17) is 0 Å². The molecule has 3 nitrogen and oxygen atoms in total. The first-order chi connectivity index (χ1) is 11.1. The summed E-state index contributed by atoms with van der Waals surface area (Å²) in [5.41, 5.74) is 5.57. The van der Waals surface area contributed by atoms with Crippen LogP contribution in [-0.4, -0.2) is 17.4 Å². The second-order valence-electron chi connectivity index (χ2n) is 6.02. The molecule has 2 heterocycles. The first-order valence-corrected chi connectivity index (χ1v) is 8.58. The molecule has 0 bridgehead atoms. The number of aryl methyl sites for hydroxylation is 1. The van der Waals surface area contributed by atoms with E-state index in [1.807, 2.05) is 36.1 Å². The normalized spacial score (nSPS) is 13.6. The third kappa shape index (κ3) is 2.47. The Labute approximate surface area is 143 Å². The number of anilines is 1. The van der Waals surface area contributed by atoms with Crippen LogP contribution in [0.5, 0.6) is 0 Å². The molecule has 0 spiro atoms. The molecule has 0 aliphatic carbocycles. The summed E-state index contributed by atoms with van der Waals surface area (Å²) in [5, 5.41) is 1.15. The van der Waals surface area contributed by atoms with Crippen LogP contribution in [0.25, 0.3) is 10.9 Å². The van der Waals surface area contributed by atoms with Crippen molar-refractivity contribution in [2.45, 2.75) is 19.8 Å². The lowest BCUT2D eigenvalue weighted by Crippen LogP contribution is -2.30. The van der Waals surface area contributed by atoms with Crippen LogP contribution >= 0.6 is 15.9 Å². The Kier molecular flexibility index (Phi) is 3.49. The maximum Gasteiger partial charge on any atom is 0.231 e. The Bertz CT molecular complexity index is 913. The van der Waals surface area contributed by atoms with Crippen molar-refractivity contribution in [2.75, 3.05) is 11.4 Å². The number of amides is 1. The zero-order valence-corrected chi connectivity index (χ0v) is 14.5. The van der Waals surface area contributed by atoms with Gasteiger partial charge in [-0.05, 0) is 48.7 Å². The first-order valence-electron chi connectivity index (χ1n) is 7.78.